The van der Waals surface area contributed by atoms with Crippen molar-refractivity contribution in [2.45, 2.75) is 32.7 Å². The molecule has 0 saturated carbocycles. The Bertz CT molecular complexity index is 382. The van der Waals surface area contributed by atoms with E-state index in [9.17, 15) is 4.79 Å². The van der Waals surface area contributed by atoms with Gasteiger partial charge in [-0.1, -0.05) is 30.7 Å². The van der Waals surface area contributed by atoms with E-state index >= 15 is 0 Å². The molecule has 0 heterocycles. The van der Waals surface area contributed by atoms with Gasteiger partial charge in [0.2, 0.25) is 0 Å². The Morgan fingerprint density at radius 2 is 2.22 bits per heavy atom. The van der Waals surface area contributed by atoms with E-state index in [4.69, 9.17) is 16.7 Å². The zero-order valence-electron chi connectivity index (χ0n) is 10.7. The van der Waals surface area contributed by atoms with Crippen LogP contribution in [0.3, 0.4) is 0 Å². The van der Waals surface area contributed by atoms with E-state index in [0.29, 0.717) is 5.92 Å². The number of carboxylic acid groups (broad SMARTS) is 1. The first-order valence-corrected chi connectivity index (χ1v) is 6.62. The van der Waals surface area contributed by atoms with Gasteiger partial charge in [-0.05, 0) is 43.0 Å². The highest BCUT2D eigenvalue weighted by Crippen LogP contribution is 2.11. The van der Waals surface area contributed by atoms with Gasteiger partial charge in [0.05, 0.1) is 0 Å². The second kappa shape index (κ2) is 8.11. The Kier molecular flexibility index (Phi) is 6.76. The molecule has 1 unspecified atom stereocenters. The molecule has 1 atom stereocenters. The normalized spacial score (nSPS) is 12.3. The molecule has 1 aromatic rings. The maximum atomic E-state index is 10.4. The number of halogens is 1. The van der Waals surface area contributed by atoms with Crippen molar-refractivity contribution in [3.63, 3.8) is 0 Å². The molecule has 0 bridgehead atoms. The second-order valence-electron chi connectivity index (χ2n) is 4.63. The number of aliphatic carboxylic acids is 1. The fraction of sp³-hybridized carbons (Fsp3) is 0.500. The zero-order valence-corrected chi connectivity index (χ0v) is 11.4. The van der Waals surface area contributed by atoms with Gasteiger partial charge in [-0.15, -0.1) is 0 Å². The number of rotatable bonds is 8. The molecular weight excluding hydrogens is 250 g/mol. The molecule has 0 spiro atoms. The van der Waals surface area contributed by atoms with Gasteiger partial charge in [0, 0.05) is 18.0 Å². The monoisotopic (exact) mass is 269 g/mol. The van der Waals surface area contributed by atoms with Crippen LogP contribution >= 0.6 is 11.6 Å². The third kappa shape index (κ3) is 6.62. The number of carboxylic acids is 1. The van der Waals surface area contributed by atoms with Crippen LogP contribution in [0.2, 0.25) is 5.02 Å². The second-order valence-corrected chi connectivity index (χ2v) is 5.07. The Labute approximate surface area is 113 Å². The van der Waals surface area contributed by atoms with Gasteiger partial charge in [-0.2, -0.15) is 0 Å². The van der Waals surface area contributed by atoms with Crippen molar-refractivity contribution < 1.29 is 9.90 Å². The molecule has 100 valence electrons. The number of nitrogens with one attached hydrogen (secondary N) is 1. The summed E-state index contributed by atoms with van der Waals surface area (Å²) in [4.78, 5) is 10.4. The van der Waals surface area contributed by atoms with Gasteiger partial charge in [-0.3, -0.25) is 4.79 Å². The summed E-state index contributed by atoms with van der Waals surface area (Å²) in [5.41, 5.74) is 1.17. The molecule has 3 nitrogen and oxygen atoms in total. The van der Waals surface area contributed by atoms with Gasteiger partial charge in [0.1, 0.15) is 0 Å². The molecule has 18 heavy (non-hydrogen) atoms. The summed E-state index contributed by atoms with van der Waals surface area (Å²) in [6.07, 6.45) is 2.00. The highest BCUT2D eigenvalue weighted by molar-refractivity contribution is 6.30. The van der Waals surface area contributed by atoms with E-state index < -0.39 is 5.97 Å². The lowest BCUT2D eigenvalue weighted by Gasteiger charge is -2.10. The zero-order chi connectivity index (χ0) is 13.4. The molecule has 0 radical (unpaired) electrons. The molecule has 0 aliphatic heterocycles. The van der Waals surface area contributed by atoms with Crippen molar-refractivity contribution in [1.29, 1.82) is 0 Å². The molecule has 2 N–H and O–H groups in total. The highest BCUT2D eigenvalue weighted by atomic mass is 35.5. The van der Waals surface area contributed by atoms with Crippen LogP contribution in [-0.2, 0) is 11.3 Å². The summed E-state index contributed by atoms with van der Waals surface area (Å²) in [5.74, 6) is -0.276. The van der Waals surface area contributed by atoms with Crippen molar-refractivity contribution >= 4 is 17.6 Å². The van der Waals surface area contributed by atoms with Crippen LogP contribution in [0.1, 0.15) is 31.7 Å². The number of hydrogen-bond acceptors (Lipinski definition) is 2. The number of hydrogen-bond donors (Lipinski definition) is 2. The van der Waals surface area contributed by atoms with Crippen LogP contribution in [0.5, 0.6) is 0 Å². The van der Waals surface area contributed by atoms with Crippen molar-refractivity contribution in [2.24, 2.45) is 5.92 Å². The minimum Gasteiger partial charge on any atom is -0.481 e. The summed E-state index contributed by atoms with van der Waals surface area (Å²) in [6, 6.07) is 7.78. The minimum atomic E-state index is -0.714. The van der Waals surface area contributed by atoms with E-state index in [2.05, 4.69) is 12.2 Å². The summed E-state index contributed by atoms with van der Waals surface area (Å²) in [7, 11) is 0. The average Bonchev–Trinajstić information content (AvgIpc) is 2.32. The average molecular weight is 270 g/mol. The number of carbonyl (C=O) groups is 1. The SMILES string of the molecule is CC(CCNCc1cccc(Cl)c1)CCC(=O)O. The molecule has 0 saturated heterocycles. The fourth-order valence-corrected chi connectivity index (χ4v) is 1.96. The summed E-state index contributed by atoms with van der Waals surface area (Å²) in [6.45, 7) is 3.78. The predicted octanol–water partition coefficient (Wildman–Crippen LogP) is 3.32. The van der Waals surface area contributed by atoms with Gasteiger partial charge in [0.25, 0.3) is 0 Å². The van der Waals surface area contributed by atoms with Crippen LogP contribution in [-0.4, -0.2) is 17.6 Å². The van der Waals surface area contributed by atoms with Crippen molar-refractivity contribution in [3.05, 3.63) is 34.9 Å². The minimum absolute atomic E-state index is 0.259. The Hall–Kier alpha value is -1.06. The van der Waals surface area contributed by atoms with Crippen LogP contribution < -0.4 is 5.32 Å². The summed E-state index contributed by atoms with van der Waals surface area (Å²) < 4.78 is 0. The van der Waals surface area contributed by atoms with E-state index in [-0.39, 0.29) is 6.42 Å². The number of benzene rings is 1. The van der Waals surface area contributed by atoms with E-state index in [1.165, 1.54) is 5.56 Å². The maximum absolute atomic E-state index is 10.4. The predicted molar refractivity (Wildman–Crippen MR) is 73.8 cm³/mol. The molecule has 0 aromatic heterocycles. The molecule has 1 rings (SSSR count). The first kappa shape index (κ1) is 15.0. The first-order chi connectivity index (χ1) is 8.58. The van der Waals surface area contributed by atoms with Crippen LogP contribution in [0, 0.1) is 5.92 Å². The van der Waals surface area contributed by atoms with Crippen molar-refractivity contribution in [3.8, 4) is 0 Å². The molecule has 0 aliphatic rings. The first-order valence-electron chi connectivity index (χ1n) is 6.25. The molecule has 0 fully saturated rings. The fourth-order valence-electron chi connectivity index (χ4n) is 1.74. The lowest BCUT2D eigenvalue weighted by molar-refractivity contribution is -0.137. The Balaban J connectivity index is 2.13. The van der Waals surface area contributed by atoms with Crippen LogP contribution in [0.4, 0.5) is 0 Å². The van der Waals surface area contributed by atoms with E-state index in [0.717, 1.165) is 31.0 Å². The third-order valence-electron chi connectivity index (χ3n) is 2.88. The van der Waals surface area contributed by atoms with Crippen molar-refractivity contribution in [1.82, 2.24) is 5.32 Å². The topological polar surface area (TPSA) is 49.3 Å². The molecule has 0 aliphatic carbocycles. The molecule has 1 aromatic carbocycles. The van der Waals surface area contributed by atoms with Gasteiger partial charge in [-0.25, -0.2) is 0 Å². The molecular formula is C14H20ClNO2. The largest absolute Gasteiger partial charge is 0.481 e. The quantitative estimate of drug-likeness (QED) is 0.712. The molecule has 0 amide bonds. The molecule has 4 heteroatoms. The Morgan fingerprint density at radius 3 is 2.89 bits per heavy atom. The van der Waals surface area contributed by atoms with Crippen molar-refractivity contribution in [2.75, 3.05) is 6.54 Å². The smallest absolute Gasteiger partial charge is 0.303 e. The third-order valence-corrected chi connectivity index (χ3v) is 3.12. The lowest BCUT2D eigenvalue weighted by atomic mass is 10.0. The highest BCUT2D eigenvalue weighted by Gasteiger charge is 2.05. The summed E-state index contributed by atoms with van der Waals surface area (Å²) >= 11 is 5.90. The summed E-state index contributed by atoms with van der Waals surface area (Å²) in [5, 5.41) is 12.7. The van der Waals surface area contributed by atoms with E-state index in [1.807, 2.05) is 24.3 Å². The Morgan fingerprint density at radius 1 is 1.44 bits per heavy atom. The van der Waals surface area contributed by atoms with Gasteiger partial charge < -0.3 is 10.4 Å². The lowest BCUT2D eigenvalue weighted by Crippen LogP contribution is -2.17. The van der Waals surface area contributed by atoms with Gasteiger partial charge in [0.15, 0.2) is 0 Å². The standard InChI is InChI=1S/C14H20ClNO2/c1-11(5-6-14(17)18)7-8-16-10-12-3-2-4-13(15)9-12/h2-4,9,11,16H,5-8,10H2,1H3,(H,17,18). The van der Waals surface area contributed by atoms with E-state index in [1.54, 1.807) is 0 Å². The van der Waals surface area contributed by atoms with Gasteiger partial charge >= 0.3 is 5.97 Å². The maximum Gasteiger partial charge on any atom is 0.303 e. The van der Waals surface area contributed by atoms with Crippen LogP contribution in [0.25, 0.3) is 0 Å². The van der Waals surface area contributed by atoms with Crippen LogP contribution in [0.15, 0.2) is 24.3 Å².